The molecule has 1 aliphatic rings. The molecule has 2 atom stereocenters. The Morgan fingerprint density at radius 2 is 1.73 bits per heavy atom. The zero-order valence-corrected chi connectivity index (χ0v) is 19.6. The van der Waals surface area contributed by atoms with Gasteiger partial charge in [0.15, 0.2) is 0 Å². The fourth-order valence-corrected chi connectivity index (χ4v) is 4.88. The number of hydrogen-bond donors (Lipinski definition) is 0. The van der Waals surface area contributed by atoms with E-state index >= 15 is 0 Å². The van der Waals surface area contributed by atoms with Gasteiger partial charge < -0.3 is 9.80 Å². The Morgan fingerprint density at radius 1 is 1.00 bits per heavy atom. The lowest BCUT2D eigenvalue weighted by Crippen LogP contribution is -2.45. The first kappa shape index (κ1) is 22.7. The Morgan fingerprint density at radius 3 is 2.42 bits per heavy atom. The Balaban J connectivity index is 1.58. The van der Waals surface area contributed by atoms with Crippen molar-refractivity contribution >= 4 is 11.8 Å². The maximum absolute atomic E-state index is 13.4. The minimum Gasteiger partial charge on any atom is -0.348 e. The highest BCUT2D eigenvalue weighted by molar-refractivity contribution is 5.87. The normalized spacial score (nSPS) is 18.7. The van der Waals surface area contributed by atoms with Crippen LogP contribution >= 0.6 is 0 Å². The zero-order valence-electron chi connectivity index (χ0n) is 19.6. The number of hydrogen-bond acceptors (Lipinski definition) is 3. The van der Waals surface area contributed by atoms with Gasteiger partial charge in [-0.25, -0.2) is 0 Å². The van der Waals surface area contributed by atoms with E-state index in [1.165, 1.54) is 0 Å². The Hall–Kier alpha value is -3.47. The third-order valence-electron chi connectivity index (χ3n) is 6.68. The molecule has 170 valence electrons. The van der Waals surface area contributed by atoms with Crippen LogP contribution in [0.25, 0.3) is 11.1 Å². The molecular formula is C28H31N3O2. The summed E-state index contributed by atoms with van der Waals surface area (Å²) in [5, 5.41) is 0. The summed E-state index contributed by atoms with van der Waals surface area (Å²) in [6.07, 6.45) is 4.84. The summed E-state index contributed by atoms with van der Waals surface area (Å²) in [6, 6.07) is 22.2. The molecule has 33 heavy (non-hydrogen) atoms. The summed E-state index contributed by atoms with van der Waals surface area (Å²) >= 11 is 0. The molecule has 1 aliphatic heterocycles. The van der Waals surface area contributed by atoms with E-state index in [2.05, 4.69) is 23.2 Å². The average molecular weight is 442 g/mol. The number of rotatable bonds is 6. The van der Waals surface area contributed by atoms with Crippen LogP contribution in [0, 0.1) is 5.41 Å². The maximum atomic E-state index is 13.4. The van der Waals surface area contributed by atoms with Crippen LogP contribution in [-0.4, -0.2) is 53.8 Å². The van der Waals surface area contributed by atoms with Crippen LogP contribution in [0.2, 0.25) is 0 Å². The van der Waals surface area contributed by atoms with Crippen molar-refractivity contribution in [1.29, 1.82) is 0 Å². The SMILES string of the molecule is CC(C(=O)N1CCC(Cc2cccc(-c3ccncc3)c2)(C(=O)N(C)C)C1)c1ccccc1. The van der Waals surface area contributed by atoms with Gasteiger partial charge in [0.1, 0.15) is 0 Å². The summed E-state index contributed by atoms with van der Waals surface area (Å²) < 4.78 is 0. The van der Waals surface area contributed by atoms with Crippen molar-refractivity contribution in [2.45, 2.75) is 25.7 Å². The Bertz CT molecular complexity index is 1110. The van der Waals surface area contributed by atoms with Gasteiger partial charge in [-0.15, -0.1) is 0 Å². The van der Waals surface area contributed by atoms with Crippen LogP contribution in [0.15, 0.2) is 79.1 Å². The monoisotopic (exact) mass is 441 g/mol. The van der Waals surface area contributed by atoms with Gasteiger partial charge in [0, 0.05) is 39.6 Å². The number of aromatic nitrogens is 1. The molecule has 2 heterocycles. The van der Waals surface area contributed by atoms with Crippen LogP contribution < -0.4 is 0 Å². The molecule has 0 N–H and O–H groups in total. The fraction of sp³-hybridized carbons (Fsp3) is 0.321. The number of likely N-dealkylation sites (tertiary alicyclic amines) is 1. The van der Waals surface area contributed by atoms with E-state index < -0.39 is 5.41 Å². The van der Waals surface area contributed by atoms with Crippen molar-refractivity contribution in [3.63, 3.8) is 0 Å². The van der Waals surface area contributed by atoms with Gasteiger partial charge in [-0.05, 0) is 54.2 Å². The molecule has 2 unspecified atom stereocenters. The van der Waals surface area contributed by atoms with Gasteiger partial charge in [-0.3, -0.25) is 14.6 Å². The topological polar surface area (TPSA) is 53.5 Å². The van der Waals surface area contributed by atoms with Gasteiger partial charge >= 0.3 is 0 Å². The number of amides is 2. The third-order valence-corrected chi connectivity index (χ3v) is 6.68. The molecule has 5 heteroatoms. The highest BCUT2D eigenvalue weighted by atomic mass is 16.2. The van der Waals surface area contributed by atoms with Gasteiger partial charge in [0.2, 0.25) is 11.8 Å². The molecule has 4 rings (SSSR count). The highest BCUT2D eigenvalue weighted by Gasteiger charge is 2.47. The van der Waals surface area contributed by atoms with Crippen LogP contribution in [0.1, 0.15) is 30.4 Å². The molecule has 5 nitrogen and oxygen atoms in total. The molecule has 0 bridgehead atoms. The van der Waals surface area contributed by atoms with E-state index in [4.69, 9.17) is 0 Å². The summed E-state index contributed by atoms with van der Waals surface area (Å²) in [6.45, 7) is 2.99. The van der Waals surface area contributed by atoms with Gasteiger partial charge in [0.25, 0.3) is 0 Å². The fourth-order valence-electron chi connectivity index (χ4n) is 4.88. The molecule has 0 radical (unpaired) electrons. The second-order valence-corrected chi connectivity index (χ2v) is 9.24. The molecule has 2 amide bonds. The number of nitrogens with zero attached hydrogens (tertiary/aromatic N) is 3. The van der Waals surface area contributed by atoms with Crippen LogP contribution in [0.4, 0.5) is 0 Å². The quantitative estimate of drug-likeness (QED) is 0.570. The van der Waals surface area contributed by atoms with Gasteiger partial charge in [0.05, 0.1) is 11.3 Å². The lowest BCUT2D eigenvalue weighted by Gasteiger charge is -2.31. The van der Waals surface area contributed by atoms with Gasteiger partial charge in [-0.2, -0.15) is 0 Å². The van der Waals surface area contributed by atoms with E-state index in [-0.39, 0.29) is 17.7 Å². The summed E-state index contributed by atoms with van der Waals surface area (Å²) in [4.78, 5) is 34.4. The molecule has 0 aliphatic carbocycles. The molecule has 2 aromatic carbocycles. The molecule has 1 saturated heterocycles. The number of carbonyl (C=O) groups excluding carboxylic acids is 2. The summed E-state index contributed by atoms with van der Waals surface area (Å²) in [5.74, 6) is -0.0638. The molecule has 3 aromatic rings. The minimum atomic E-state index is -0.619. The van der Waals surface area contributed by atoms with E-state index in [9.17, 15) is 9.59 Å². The van der Waals surface area contributed by atoms with Gasteiger partial charge in [-0.1, -0.05) is 54.6 Å². The largest absolute Gasteiger partial charge is 0.348 e. The van der Waals surface area contributed by atoms with Crippen LogP contribution in [0.3, 0.4) is 0 Å². The van der Waals surface area contributed by atoms with E-state index in [1.807, 2.05) is 60.4 Å². The molecule has 1 fully saturated rings. The number of carbonyl (C=O) groups is 2. The first-order chi connectivity index (χ1) is 15.9. The van der Waals surface area contributed by atoms with E-state index in [0.717, 1.165) is 22.3 Å². The molecule has 1 aromatic heterocycles. The van der Waals surface area contributed by atoms with Crippen molar-refractivity contribution in [2.24, 2.45) is 5.41 Å². The maximum Gasteiger partial charge on any atom is 0.230 e. The Labute approximate surface area is 196 Å². The number of pyridine rings is 1. The van der Waals surface area contributed by atoms with Crippen LogP contribution in [-0.2, 0) is 16.0 Å². The van der Waals surface area contributed by atoms with Crippen LogP contribution in [0.5, 0.6) is 0 Å². The van der Waals surface area contributed by atoms with Crippen molar-refractivity contribution in [3.05, 3.63) is 90.3 Å². The molecule has 0 saturated carbocycles. The standard InChI is InChI=1S/C28H31N3O2/c1-21(23-9-5-4-6-10-23)26(32)31-17-14-28(20-31,27(33)30(2)3)19-22-8-7-11-25(18-22)24-12-15-29-16-13-24/h4-13,15-16,18,21H,14,17,19-20H2,1-3H3. The minimum absolute atomic E-state index is 0.0829. The number of benzene rings is 2. The second-order valence-electron chi connectivity index (χ2n) is 9.24. The van der Waals surface area contributed by atoms with E-state index in [0.29, 0.717) is 25.9 Å². The zero-order chi connectivity index (χ0) is 23.4. The average Bonchev–Trinajstić information content (AvgIpc) is 3.28. The highest BCUT2D eigenvalue weighted by Crippen LogP contribution is 2.38. The summed E-state index contributed by atoms with van der Waals surface area (Å²) in [7, 11) is 3.60. The van der Waals surface area contributed by atoms with E-state index in [1.54, 1.807) is 31.4 Å². The second kappa shape index (κ2) is 9.57. The predicted molar refractivity (Wildman–Crippen MR) is 131 cm³/mol. The first-order valence-electron chi connectivity index (χ1n) is 11.4. The lowest BCUT2D eigenvalue weighted by atomic mass is 9.79. The summed E-state index contributed by atoms with van der Waals surface area (Å²) in [5.41, 5.74) is 3.69. The lowest BCUT2D eigenvalue weighted by molar-refractivity contribution is -0.139. The van der Waals surface area contributed by atoms with Crippen molar-refractivity contribution in [2.75, 3.05) is 27.2 Å². The third kappa shape index (κ3) is 4.82. The van der Waals surface area contributed by atoms with Crippen molar-refractivity contribution in [3.8, 4) is 11.1 Å². The van der Waals surface area contributed by atoms with Crippen molar-refractivity contribution < 1.29 is 9.59 Å². The smallest absolute Gasteiger partial charge is 0.230 e. The molecule has 0 spiro atoms. The Kier molecular flexibility index (Phi) is 6.59. The van der Waals surface area contributed by atoms with Crippen molar-refractivity contribution in [1.82, 2.24) is 14.8 Å². The first-order valence-corrected chi connectivity index (χ1v) is 11.4. The predicted octanol–water partition coefficient (Wildman–Crippen LogP) is 4.40. The molecular weight excluding hydrogens is 410 g/mol.